The van der Waals surface area contributed by atoms with Crippen molar-refractivity contribution >= 4 is 10.0 Å². The molecule has 17 heavy (non-hydrogen) atoms. The van der Waals surface area contributed by atoms with Crippen LogP contribution in [0.15, 0.2) is 0 Å². The summed E-state index contributed by atoms with van der Waals surface area (Å²) in [5.74, 6) is 0.673. The Kier molecular flexibility index (Phi) is 5.85. The lowest BCUT2D eigenvalue weighted by Crippen LogP contribution is -2.45. The molecule has 0 aliphatic carbocycles. The average molecular weight is 263 g/mol. The van der Waals surface area contributed by atoms with E-state index in [1.54, 1.807) is 0 Å². The molecule has 0 amide bonds. The number of sulfonamides is 1. The number of rotatable bonds is 6. The summed E-state index contributed by atoms with van der Waals surface area (Å²) in [7, 11) is -0.897. The molecule has 2 N–H and O–H groups in total. The van der Waals surface area contributed by atoms with Crippen molar-refractivity contribution in [3.8, 4) is 0 Å². The lowest BCUT2D eigenvalue weighted by atomic mass is 9.92. The molecule has 102 valence electrons. The summed E-state index contributed by atoms with van der Waals surface area (Å²) < 4.78 is 24.2. The SMILES string of the molecule is CC(NCCNS(C)(=O)=O)C1CCCN(C)C1. The molecule has 1 aliphatic rings. The number of piperidine rings is 1. The minimum Gasteiger partial charge on any atom is -0.313 e. The first kappa shape index (κ1) is 14.9. The van der Waals surface area contributed by atoms with E-state index in [1.807, 2.05) is 0 Å². The van der Waals surface area contributed by atoms with Crippen LogP contribution in [-0.4, -0.2) is 58.8 Å². The quantitative estimate of drug-likeness (QED) is 0.655. The van der Waals surface area contributed by atoms with Crippen LogP contribution in [0.1, 0.15) is 19.8 Å². The van der Waals surface area contributed by atoms with E-state index in [0.29, 0.717) is 25.0 Å². The maximum absolute atomic E-state index is 10.9. The molecule has 1 fully saturated rings. The standard InChI is InChI=1S/C11H25N3O2S/c1-10(11-5-4-8-14(2)9-11)12-6-7-13-17(3,15)16/h10-13H,4-9H2,1-3H3. The van der Waals surface area contributed by atoms with E-state index in [0.717, 1.165) is 6.54 Å². The first-order chi connectivity index (χ1) is 7.88. The third-order valence-electron chi connectivity index (χ3n) is 3.32. The van der Waals surface area contributed by atoms with E-state index in [1.165, 1.54) is 25.6 Å². The molecule has 6 heteroatoms. The first-order valence-corrected chi connectivity index (χ1v) is 8.14. The van der Waals surface area contributed by atoms with Gasteiger partial charge >= 0.3 is 0 Å². The number of hydrogen-bond donors (Lipinski definition) is 2. The molecule has 2 unspecified atom stereocenters. The Morgan fingerprint density at radius 3 is 2.71 bits per heavy atom. The van der Waals surface area contributed by atoms with Crippen molar-refractivity contribution in [3.63, 3.8) is 0 Å². The minimum atomic E-state index is -3.05. The van der Waals surface area contributed by atoms with Gasteiger partial charge in [0, 0.05) is 25.7 Å². The normalized spacial score (nSPS) is 24.8. The number of nitrogens with zero attached hydrogens (tertiary/aromatic N) is 1. The lowest BCUT2D eigenvalue weighted by Gasteiger charge is -2.34. The predicted octanol–water partition coefficient (Wildman–Crippen LogP) is -0.144. The maximum Gasteiger partial charge on any atom is 0.208 e. The van der Waals surface area contributed by atoms with E-state index >= 15 is 0 Å². The van der Waals surface area contributed by atoms with E-state index in [4.69, 9.17) is 0 Å². The molecule has 0 radical (unpaired) electrons. The topological polar surface area (TPSA) is 61.4 Å². The molecule has 5 nitrogen and oxygen atoms in total. The van der Waals surface area contributed by atoms with Gasteiger partial charge < -0.3 is 10.2 Å². The third kappa shape index (κ3) is 6.35. The molecule has 0 aromatic heterocycles. The lowest BCUT2D eigenvalue weighted by molar-refractivity contribution is 0.179. The van der Waals surface area contributed by atoms with Gasteiger partial charge in [-0.1, -0.05) is 0 Å². The van der Waals surface area contributed by atoms with Crippen LogP contribution in [0.3, 0.4) is 0 Å². The summed E-state index contributed by atoms with van der Waals surface area (Å²) in [5.41, 5.74) is 0. The number of hydrogen-bond acceptors (Lipinski definition) is 4. The molecule has 2 atom stereocenters. The van der Waals surface area contributed by atoms with Crippen molar-refractivity contribution in [1.82, 2.24) is 14.9 Å². The zero-order chi connectivity index (χ0) is 12.9. The summed E-state index contributed by atoms with van der Waals surface area (Å²) in [4.78, 5) is 2.36. The largest absolute Gasteiger partial charge is 0.313 e. The smallest absolute Gasteiger partial charge is 0.208 e. The second-order valence-corrected chi connectivity index (χ2v) is 6.91. The molecule has 0 spiro atoms. The monoisotopic (exact) mass is 263 g/mol. The highest BCUT2D eigenvalue weighted by Gasteiger charge is 2.22. The van der Waals surface area contributed by atoms with Crippen molar-refractivity contribution in [3.05, 3.63) is 0 Å². The van der Waals surface area contributed by atoms with Crippen molar-refractivity contribution in [2.45, 2.75) is 25.8 Å². The van der Waals surface area contributed by atoms with Crippen molar-refractivity contribution in [1.29, 1.82) is 0 Å². The molecule has 0 saturated carbocycles. The summed E-state index contributed by atoms with van der Waals surface area (Å²) >= 11 is 0. The Hall–Kier alpha value is -0.170. The van der Waals surface area contributed by atoms with E-state index in [2.05, 4.69) is 28.9 Å². The fourth-order valence-electron chi connectivity index (χ4n) is 2.32. The van der Waals surface area contributed by atoms with E-state index in [-0.39, 0.29) is 0 Å². The summed E-state index contributed by atoms with van der Waals surface area (Å²) in [6.45, 7) is 5.66. The van der Waals surface area contributed by atoms with Crippen LogP contribution in [0.5, 0.6) is 0 Å². The zero-order valence-electron chi connectivity index (χ0n) is 11.1. The maximum atomic E-state index is 10.9. The predicted molar refractivity (Wildman–Crippen MR) is 70.5 cm³/mol. The molecule has 0 aromatic rings. The molecular formula is C11H25N3O2S. The minimum absolute atomic E-state index is 0.444. The van der Waals surface area contributed by atoms with Crippen LogP contribution in [0.4, 0.5) is 0 Å². The van der Waals surface area contributed by atoms with Gasteiger partial charge in [0.05, 0.1) is 6.26 Å². The van der Waals surface area contributed by atoms with Gasteiger partial charge in [-0.05, 0) is 39.3 Å². The number of likely N-dealkylation sites (tertiary alicyclic amines) is 1. The second-order valence-electron chi connectivity index (χ2n) is 5.07. The Bertz CT molecular complexity index is 319. The molecular weight excluding hydrogens is 238 g/mol. The molecule has 1 rings (SSSR count). The fraction of sp³-hybridized carbons (Fsp3) is 1.00. The molecule has 0 aromatic carbocycles. The highest BCUT2D eigenvalue weighted by molar-refractivity contribution is 7.88. The second kappa shape index (κ2) is 6.68. The Balaban J connectivity index is 2.18. The highest BCUT2D eigenvalue weighted by Crippen LogP contribution is 2.18. The van der Waals surface area contributed by atoms with E-state index in [9.17, 15) is 8.42 Å². The van der Waals surface area contributed by atoms with Gasteiger partial charge in [-0.25, -0.2) is 13.1 Å². The Labute approximate surface area is 105 Å². The number of nitrogens with one attached hydrogen (secondary N) is 2. The first-order valence-electron chi connectivity index (χ1n) is 6.25. The van der Waals surface area contributed by atoms with Gasteiger partial charge in [0.15, 0.2) is 0 Å². The summed E-state index contributed by atoms with van der Waals surface area (Å²) in [5, 5.41) is 3.39. The summed E-state index contributed by atoms with van der Waals surface area (Å²) in [6.07, 6.45) is 3.71. The van der Waals surface area contributed by atoms with Crippen molar-refractivity contribution in [2.75, 3.05) is 39.5 Å². The molecule has 1 saturated heterocycles. The molecule has 0 bridgehead atoms. The van der Waals surface area contributed by atoms with Gasteiger partial charge in [0.2, 0.25) is 10.0 Å². The fourth-order valence-corrected chi connectivity index (χ4v) is 2.79. The van der Waals surface area contributed by atoms with Crippen LogP contribution in [0, 0.1) is 5.92 Å². The van der Waals surface area contributed by atoms with Crippen LogP contribution < -0.4 is 10.0 Å². The van der Waals surface area contributed by atoms with E-state index < -0.39 is 10.0 Å². The molecule has 1 heterocycles. The summed E-state index contributed by atoms with van der Waals surface area (Å²) in [6, 6.07) is 0.444. The van der Waals surface area contributed by atoms with Gasteiger partial charge in [-0.3, -0.25) is 0 Å². The van der Waals surface area contributed by atoms with Gasteiger partial charge in [0.25, 0.3) is 0 Å². The van der Waals surface area contributed by atoms with Crippen LogP contribution in [0.25, 0.3) is 0 Å². The third-order valence-corrected chi connectivity index (χ3v) is 4.05. The van der Waals surface area contributed by atoms with Gasteiger partial charge in [-0.15, -0.1) is 0 Å². The van der Waals surface area contributed by atoms with Crippen molar-refractivity contribution < 1.29 is 8.42 Å². The van der Waals surface area contributed by atoms with Crippen LogP contribution in [0.2, 0.25) is 0 Å². The van der Waals surface area contributed by atoms with Crippen LogP contribution >= 0.6 is 0 Å². The van der Waals surface area contributed by atoms with Crippen LogP contribution in [-0.2, 0) is 10.0 Å². The highest BCUT2D eigenvalue weighted by atomic mass is 32.2. The Morgan fingerprint density at radius 1 is 1.41 bits per heavy atom. The van der Waals surface area contributed by atoms with Gasteiger partial charge in [-0.2, -0.15) is 0 Å². The average Bonchev–Trinajstić information content (AvgIpc) is 2.23. The molecule has 1 aliphatic heterocycles. The zero-order valence-corrected chi connectivity index (χ0v) is 11.9. The Morgan fingerprint density at radius 2 is 2.12 bits per heavy atom. The van der Waals surface area contributed by atoms with Gasteiger partial charge in [0.1, 0.15) is 0 Å². The van der Waals surface area contributed by atoms with Crippen molar-refractivity contribution in [2.24, 2.45) is 5.92 Å².